The minimum Gasteiger partial charge on any atom is -0.466 e. The number of aliphatic hydroxyl groups is 5. The molecule has 7 unspecified atom stereocenters. The molecule has 1 aliphatic heterocycles. The summed E-state index contributed by atoms with van der Waals surface area (Å²) >= 11 is 0. The second-order valence-corrected chi connectivity index (χ2v) is 23.2. The van der Waals surface area contributed by atoms with Gasteiger partial charge in [0.2, 0.25) is 5.91 Å². The lowest BCUT2D eigenvalue weighted by atomic mass is 9.99. The van der Waals surface area contributed by atoms with Crippen LogP contribution >= 0.6 is 0 Å². The molecule has 0 spiro atoms. The Bertz CT molecular complexity index is 1330. The van der Waals surface area contributed by atoms with Gasteiger partial charge in [-0.25, -0.2) is 0 Å². The van der Waals surface area contributed by atoms with Crippen LogP contribution in [-0.2, 0) is 23.8 Å². The zero-order chi connectivity index (χ0) is 55.9. The van der Waals surface area contributed by atoms with E-state index in [1.165, 1.54) is 238 Å². The topological polar surface area (TPSA) is 175 Å². The second-order valence-electron chi connectivity index (χ2n) is 23.2. The first-order valence-corrected chi connectivity index (χ1v) is 33.1. The van der Waals surface area contributed by atoms with Crippen LogP contribution in [-0.4, -0.2) is 100 Å². The molecule has 6 N–H and O–H groups in total. The van der Waals surface area contributed by atoms with Gasteiger partial charge in [-0.15, -0.1) is 0 Å². The third kappa shape index (κ3) is 45.4. The number of amides is 1. The van der Waals surface area contributed by atoms with Gasteiger partial charge in [0.05, 0.1) is 32.0 Å². The van der Waals surface area contributed by atoms with Crippen molar-refractivity contribution in [2.24, 2.45) is 0 Å². The Hall–Kier alpha value is -1.86. The lowest BCUT2D eigenvalue weighted by molar-refractivity contribution is -0.302. The van der Waals surface area contributed by atoms with Crippen molar-refractivity contribution < 1.29 is 49.3 Å². The molecule has 1 amide bonds. The molecule has 0 bridgehead atoms. The van der Waals surface area contributed by atoms with E-state index in [0.29, 0.717) is 19.4 Å². The van der Waals surface area contributed by atoms with Crippen molar-refractivity contribution in [1.29, 1.82) is 0 Å². The van der Waals surface area contributed by atoms with Crippen molar-refractivity contribution in [3.8, 4) is 0 Å². The Morgan fingerprint density at radius 3 is 1.25 bits per heavy atom. The summed E-state index contributed by atoms with van der Waals surface area (Å²) in [6.45, 7) is 4.34. The molecule has 0 aliphatic carbocycles. The zero-order valence-electron chi connectivity index (χ0n) is 50.2. The lowest BCUT2D eigenvalue weighted by Gasteiger charge is -2.40. The minimum absolute atomic E-state index is 0.00764. The van der Waals surface area contributed by atoms with Crippen molar-refractivity contribution in [2.75, 3.05) is 19.8 Å². The number of hydrogen-bond donors (Lipinski definition) is 6. The molecule has 0 radical (unpaired) electrons. The summed E-state index contributed by atoms with van der Waals surface area (Å²) in [5, 5.41) is 54.2. The molecule has 454 valence electrons. The molecule has 0 aromatic rings. The van der Waals surface area contributed by atoms with E-state index in [1.54, 1.807) is 6.08 Å². The van der Waals surface area contributed by atoms with Crippen LogP contribution in [0.15, 0.2) is 24.3 Å². The first kappa shape index (κ1) is 73.2. The highest BCUT2D eigenvalue weighted by Crippen LogP contribution is 2.23. The van der Waals surface area contributed by atoms with Crippen LogP contribution in [0.25, 0.3) is 0 Å². The standard InChI is InChI=1S/C66H125NO10/c1-3-5-7-9-11-13-14-34-38-42-46-50-54-62(71)75-55-51-47-43-39-35-32-30-28-26-24-22-20-18-16-15-17-19-21-23-25-27-29-31-33-37-41-45-49-53-61(70)67-58(59(69)52-48-44-40-36-12-10-8-6-4-2)57-76-66-65(74)64(73)63(72)60(56-68)77-66/h15-16,48,52,58-60,63-66,68-69,72-74H,3-14,17-47,49-51,53-57H2,1-2H3,(H,67,70)/b16-15-,52-48+. The molecule has 0 aromatic heterocycles. The fourth-order valence-electron chi connectivity index (χ4n) is 10.5. The molecule has 77 heavy (non-hydrogen) atoms. The van der Waals surface area contributed by atoms with Crippen molar-refractivity contribution in [3.63, 3.8) is 0 Å². The Balaban J connectivity index is 1.95. The molecule has 1 fully saturated rings. The molecular weight excluding hydrogens is 967 g/mol. The number of carbonyl (C=O) groups excluding carboxylic acids is 2. The largest absolute Gasteiger partial charge is 0.466 e. The lowest BCUT2D eigenvalue weighted by Crippen LogP contribution is -2.60. The van der Waals surface area contributed by atoms with Gasteiger partial charge in [-0.05, 0) is 57.8 Å². The van der Waals surface area contributed by atoms with Gasteiger partial charge in [-0.2, -0.15) is 0 Å². The molecule has 1 rings (SSSR count). The number of nitrogens with one attached hydrogen (secondary N) is 1. The zero-order valence-corrected chi connectivity index (χ0v) is 50.2. The Kier molecular flexibility index (Phi) is 53.2. The molecule has 1 heterocycles. The molecule has 1 saturated heterocycles. The van der Waals surface area contributed by atoms with E-state index in [4.69, 9.17) is 14.2 Å². The molecule has 0 saturated carbocycles. The normalized spacial score (nSPS) is 18.7. The van der Waals surface area contributed by atoms with E-state index in [9.17, 15) is 35.1 Å². The quantitative estimate of drug-likeness (QED) is 0.0195. The van der Waals surface area contributed by atoms with Gasteiger partial charge in [0.1, 0.15) is 24.4 Å². The number of ether oxygens (including phenoxy) is 3. The SMILES string of the molecule is CCCCCCCCC/C=C/C(O)C(COC1OC(CO)C(O)C(O)C1O)NC(=O)CCCCCCCCCCCCCC/C=C\CCCCCCCCCCCCCCOC(=O)CCCCCCCCCCCCCC. The summed E-state index contributed by atoms with van der Waals surface area (Å²) in [6, 6.07) is -0.808. The molecular formula is C66H125NO10. The summed E-state index contributed by atoms with van der Waals surface area (Å²) < 4.78 is 16.7. The van der Waals surface area contributed by atoms with Crippen LogP contribution in [0.4, 0.5) is 0 Å². The van der Waals surface area contributed by atoms with Crippen molar-refractivity contribution in [3.05, 3.63) is 24.3 Å². The number of unbranched alkanes of at least 4 members (excludes halogenated alkanes) is 42. The number of rotatable bonds is 58. The molecule has 7 atom stereocenters. The second kappa shape index (κ2) is 56.0. The van der Waals surface area contributed by atoms with Crippen molar-refractivity contribution >= 4 is 11.9 Å². The average molecular weight is 1090 g/mol. The van der Waals surface area contributed by atoms with Crippen LogP contribution in [0, 0.1) is 0 Å². The molecule has 0 aromatic carbocycles. The van der Waals surface area contributed by atoms with Crippen LogP contribution < -0.4 is 5.32 Å². The van der Waals surface area contributed by atoms with Gasteiger partial charge in [0, 0.05) is 12.8 Å². The number of carbonyl (C=O) groups is 2. The molecule has 11 nitrogen and oxygen atoms in total. The van der Waals surface area contributed by atoms with E-state index in [-0.39, 0.29) is 18.5 Å². The van der Waals surface area contributed by atoms with Gasteiger partial charge in [0.15, 0.2) is 6.29 Å². The predicted molar refractivity (Wildman–Crippen MR) is 320 cm³/mol. The third-order valence-electron chi connectivity index (χ3n) is 15.8. The Labute approximate surface area is 473 Å². The maximum absolute atomic E-state index is 13.0. The predicted octanol–water partition coefficient (Wildman–Crippen LogP) is 16.1. The summed E-state index contributed by atoms with van der Waals surface area (Å²) in [5.74, 6) is -0.175. The van der Waals surface area contributed by atoms with Crippen LogP contribution in [0.5, 0.6) is 0 Å². The van der Waals surface area contributed by atoms with Gasteiger partial charge < -0.3 is 45.1 Å². The number of esters is 1. The molecule has 1 aliphatic rings. The van der Waals surface area contributed by atoms with Crippen LogP contribution in [0.3, 0.4) is 0 Å². The summed E-state index contributed by atoms with van der Waals surface area (Å²) in [6.07, 6.45) is 58.8. The third-order valence-corrected chi connectivity index (χ3v) is 15.8. The number of hydrogen-bond acceptors (Lipinski definition) is 10. The first-order valence-electron chi connectivity index (χ1n) is 33.1. The van der Waals surface area contributed by atoms with Crippen LogP contribution in [0.2, 0.25) is 0 Å². The van der Waals surface area contributed by atoms with Gasteiger partial charge in [0.25, 0.3) is 0 Å². The van der Waals surface area contributed by atoms with E-state index >= 15 is 0 Å². The van der Waals surface area contributed by atoms with Crippen molar-refractivity contribution in [2.45, 2.75) is 365 Å². The van der Waals surface area contributed by atoms with E-state index in [0.717, 1.165) is 57.8 Å². The monoisotopic (exact) mass is 1090 g/mol. The van der Waals surface area contributed by atoms with E-state index in [1.807, 2.05) is 6.08 Å². The summed E-state index contributed by atoms with van der Waals surface area (Å²) in [7, 11) is 0. The highest BCUT2D eigenvalue weighted by atomic mass is 16.7. The highest BCUT2D eigenvalue weighted by molar-refractivity contribution is 5.76. The molecule has 11 heteroatoms. The maximum Gasteiger partial charge on any atom is 0.305 e. The maximum atomic E-state index is 13.0. The minimum atomic E-state index is -1.57. The number of allylic oxidation sites excluding steroid dienone is 3. The Morgan fingerprint density at radius 2 is 0.831 bits per heavy atom. The Morgan fingerprint density at radius 1 is 0.468 bits per heavy atom. The smallest absolute Gasteiger partial charge is 0.305 e. The fourth-order valence-corrected chi connectivity index (χ4v) is 10.5. The first-order chi connectivity index (χ1) is 37.7. The van der Waals surface area contributed by atoms with Crippen LogP contribution in [0.1, 0.15) is 322 Å². The van der Waals surface area contributed by atoms with Gasteiger partial charge in [-0.3, -0.25) is 9.59 Å². The average Bonchev–Trinajstić information content (AvgIpc) is 3.43. The summed E-state index contributed by atoms with van der Waals surface area (Å²) in [5.41, 5.74) is 0. The number of aliphatic hydroxyl groups excluding tert-OH is 5. The summed E-state index contributed by atoms with van der Waals surface area (Å²) in [4.78, 5) is 25.0. The fraction of sp³-hybridized carbons (Fsp3) is 0.909. The van der Waals surface area contributed by atoms with Gasteiger partial charge in [-0.1, -0.05) is 276 Å². The van der Waals surface area contributed by atoms with Gasteiger partial charge >= 0.3 is 5.97 Å². The highest BCUT2D eigenvalue weighted by Gasteiger charge is 2.44. The van der Waals surface area contributed by atoms with E-state index in [2.05, 4.69) is 31.3 Å². The van der Waals surface area contributed by atoms with E-state index < -0.39 is 49.5 Å². The van der Waals surface area contributed by atoms with Crippen molar-refractivity contribution in [1.82, 2.24) is 5.32 Å².